The summed E-state index contributed by atoms with van der Waals surface area (Å²) in [6.45, 7) is 2.16. The van der Waals surface area contributed by atoms with Gasteiger partial charge >= 0.3 is 0 Å². The molecular weight excluding hydrogens is 278 g/mol. The van der Waals surface area contributed by atoms with Crippen molar-refractivity contribution in [3.05, 3.63) is 65.2 Å². The smallest absolute Gasteiger partial charge is 0.224 e. The molecule has 2 rings (SSSR count). The lowest BCUT2D eigenvalue weighted by Crippen LogP contribution is -2.29. The molecule has 0 aliphatic carbocycles. The normalized spacial score (nSPS) is 11.8. The first kappa shape index (κ1) is 16.0. The van der Waals surface area contributed by atoms with Crippen molar-refractivity contribution in [3.63, 3.8) is 0 Å². The van der Waals surface area contributed by atoms with Crippen LogP contribution in [-0.2, 0) is 11.2 Å². The number of nitrogens with one attached hydrogen (secondary N) is 1. The van der Waals surface area contributed by atoms with E-state index in [0.717, 1.165) is 16.7 Å². The van der Waals surface area contributed by atoms with Crippen molar-refractivity contribution in [2.75, 3.05) is 13.7 Å². The first-order valence-corrected chi connectivity index (χ1v) is 7.23. The van der Waals surface area contributed by atoms with Crippen LogP contribution in [0.15, 0.2) is 48.5 Å². The van der Waals surface area contributed by atoms with Gasteiger partial charge in [0.1, 0.15) is 5.75 Å². The van der Waals surface area contributed by atoms with Crippen molar-refractivity contribution in [1.82, 2.24) is 5.32 Å². The van der Waals surface area contributed by atoms with Gasteiger partial charge in [-0.25, -0.2) is 0 Å². The Morgan fingerprint density at radius 2 is 2.00 bits per heavy atom. The van der Waals surface area contributed by atoms with E-state index in [1.807, 2.05) is 43.3 Å². The van der Waals surface area contributed by atoms with Crippen molar-refractivity contribution >= 4 is 5.91 Å². The molecule has 0 heterocycles. The van der Waals surface area contributed by atoms with Crippen molar-refractivity contribution in [3.8, 4) is 5.75 Å². The first-order valence-electron chi connectivity index (χ1n) is 7.23. The van der Waals surface area contributed by atoms with Gasteiger partial charge in [0.15, 0.2) is 0 Å². The maximum absolute atomic E-state index is 12.0. The number of benzene rings is 2. The molecule has 2 aromatic carbocycles. The summed E-state index contributed by atoms with van der Waals surface area (Å²) in [5.41, 5.74) is 2.80. The SMILES string of the molecule is COc1cccc(C(O)CNC(=O)Cc2ccccc2C)c1. The van der Waals surface area contributed by atoms with Gasteiger partial charge in [-0.3, -0.25) is 4.79 Å². The van der Waals surface area contributed by atoms with Gasteiger partial charge in [0, 0.05) is 6.54 Å². The third kappa shape index (κ3) is 4.33. The minimum Gasteiger partial charge on any atom is -0.497 e. The standard InChI is InChI=1S/C18H21NO3/c1-13-6-3-4-7-14(13)11-18(21)19-12-17(20)15-8-5-9-16(10-15)22-2/h3-10,17,20H,11-12H2,1-2H3,(H,19,21). The highest BCUT2D eigenvalue weighted by Gasteiger charge is 2.11. The molecule has 22 heavy (non-hydrogen) atoms. The fourth-order valence-electron chi connectivity index (χ4n) is 2.22. The van der Waals surface area contributed by atoms with Gasteiger partial charge in [0.05, 0.1) is 19.6 Å². The van der Waals surface area contributed by atoms with Gasteiger partial charge in [-0.15, -0.1) is 0 Å². The zero-order chi connectivity index (χ0) is 15.9. The van der Waals surface area contributed by atoms with Crippen LogP contribution in [0.25, 0.3) is 0 Å². The second-order valence-corrected chi connectivity index (χ2v) is 5.20. The minimum absolute atomic E-state index is 0.101. The lowest BCUT2D eigenvalue weighted by molar-refractivity contribution is -0.120. The molecule has 0 radical (unpaired) electrons. The number of rotatable bonds is 6. The van der Waals surface area contributed by atoms with Crippen LogP contribution in [0.2, 0.25) is 0 Å². The highest BCUT2D eigenvalue weighted by atomic mass is 16.5. The second kappa shape index (κ2) is 7.61. The molecule has 1 unspecified atom stereocenters. The lowest BCUT2D eigenvalue weighted by atomic mass is 10.1. The molecule has 0 aliphatic heterocycles. The predicted octanol–water partition coefficient (Wildman–Crippen LogP) is 2.40. The number of aryl methyl sites for hydroxylation is 1. The molecule has 4 nitrogen and oxygen atoms in total. The molecule has 0 aliphatic rings. The molecule has 2 aromatic rings. The number of carbonyl (C=O) groups excluding carboxylic acids is 1. The van der Waals surface area contributed by atoms with Crippen molar-refractivity contribution in [2.24, 2.45) is 0 Å². The number of hydrogen-bond donors (Lipinski definition) is 2. The third-order valence-electron chi connectivity index (χ3n) is 3.58. The van der Waals surface area contributed by atoms with Crippen LogP contribution >= 0.6 is 0 Å². The predicted molar refractivity (Wildman–Crippen MR) is 85.8 cm³/mol. The Kier molecular flexibility index (Phi) is 5.55. The summed E-state index contributed by atoms with van der Waals surface area (Å²) in [6.07, 6.45) is -0.437. The van der Waals surface area contributed by atoms with E-state index in [-0.39, 0.29) is 12.5 Å². The van der Waals surface area contributed by atoms with Crippen LogP contribution in [0.3, 0.4) is 0 Å². The summed E-state index contributed by atoms with van der Waals surface area (Å²) < 4.78 is 5.12. The molecule has 0 spiro atoms. The average molecular weight is 299 g/mol. The lowest BCUT2D eigenvalue weighted by Gasteiger charge is -2.13. The monoisotopic (exact) mass is 299 g/mol. The fourth-order valence-corrected chi connectivity index (χ4v) is 2.22. The molecule has 0 bridgehead atoms. The first-order chi connectivity index (χ1) is 10.6. The molecule has 0 saturated carbocycles. The number of aliphatic hydroxyl groups excluding tert-OH is 1. The van der Waals surface area contributed by atoms with Crippen LogP contribution in [0.4, 0.5) is 0 Å². The Balaban J connectivity index is 1.89. The van der Waals surface area contributed by atoms with Crippen molar-refractivity contribution < 1.29 is 14.6 Å². The van der Waals surface area contributed by atoms with Gasteiger partial charge < -0.3 is 15.2 Å². The van der Waals surface area contributed by atoms with Gasteiger partial charge in [-0.1, -0.05) is 36.4 Å². The van der Waals surface area contributed by atoms with Gasteiger partial charge in [0.2, 0.25) is 5.91 Å². The van der Waals surface area contributed by atoms with Crippen LogP contribution in [0, 0.1) is 6.92 Å². The van der Waals surface area contributed by atoms with E-state index in [1.54, 1.807) is 19.2 Å². The zero-order valence-electron chi connectivity index (χ0n) is 12.9. The Labute approximate surface area is 130 Å². The number of ether oxygens (including phenoxy) is 1. The molecule has 4 heteroatoms. The second-order valence-electron chi connectivity index (χ2n) is 5.20. The number of aliphatic hydroxyl groups is 1. The minimum atomic E-state index is -0.754. The van der Waals surface area contributed by atoms with E-state index in [4.69, 9.17) is 4.74 Å². The maximum atomic E-state index is 12.0. The molecule has 2 N–H and O–H groups in total. The Bertz CT molecular complexity index is 640. The number of methoxy groups -OCH3 is 1. The van der Waals surface area contributed by atoms with E-state index < -0.39 is 6.10 Å². The molecule has 1 amide bonds. The average Bonchev–Trinajstić information content (AvgIpc) is 2.55. The van der Waals surface area contributed by atoms with Crippen LogP contribution in [0.1, 0.15) is 22.8 Å². The highest BCUT2D eigenvalue weighted by molar-refractivity contribution is 5.78. The Morgan fingerprint density at radius 1 is 1.23 bits per heavy atom. The number of amides is 1. The van der Waals surface area contributed by atoms with E-state index in [2.05, 4.69) is 5.32 Å². The van der Waals surface area contributed by atoms with Crippen LogP contribution < -0.4 is 10.1 Å². The van der Waals surface area contributed by atoms with E-state index in [1.165, 1.54) is 0 Å². The maximum Gasteiger partial charge on any atom is 0.224 e. The van der Waals surface area contributed by atoms with Crippen molar-refractivity contribution in [2.45, 2.75) is 19.4 Å². The molecule has 1 atom stereocenters. The van der Waals surface area contributed by atoms with E-state index in [9.17, 15) is 9.90 Å². The summed E-state index contributed by atoms with van der Waals surface area (Å²) in [6, 6.07) is 15.0. The van der Waals surface area contributed by atoms with Crippen LogP contribution in [-0.4, -0.2) is 24.7 Å². The van der Waals surface area contributed by atoms with E-state index >= 15 is 0 Å². The van der Waals surface area contributed by atoms with Crippen molar-refractivity contribution in [1.29, 1.82) is 0 Å². The highest BCUT2D eigenvalue weighted by Crippen LogP contribution is 2.18. The Morgan fingerprint density at radius 3 is 2.73 bits per heavy atom. The molecule has 0 saturated heterocycles. The number of hydrogen-bond acceptors (Lipinski definition) is 3. The summed E-state index contributed by atoms with van der Waals surface area (Å²) in [7, 11) is 1.58. The molecule has 0 aromatic heterocycles. The number of carbonyl (C=O) groups is 1. The molecular formula is C18H21NO3. The van der Waals surface area contributed by atoms with Gasteiger partial charge in [-0.2, -0.15) is 0 Å². The molecule has 0 fully saturated rings. The van der Waals surface area contributed by atoms with E-state index in [0.29, 0.717) is 12.2 Å². The largest absolute Gasteiger partial charge is 0.497 e. The Hall–Kier alpha value is -2.33. The summed E-state index contributed by atoms with van der Waals surface area (Å²) >= 11 is 0. The summed E-state index contributed by atoms with van der Waals surface area (Å²) in [5, 5.41) is 12.9. The van der Waals surface area contributed by atoms with Gasteiger partial charge in [-0.05, 0) is 35.7 Å². The molecule has 116 valence electrons. The topological polar surface area (TPSA) is 58.6 Å². The third-order valence-corrected chi connectivity index (χ3v) is 3.58. The summed E-state index contributed by atoms with van der Waals surface area (Å²) in [4.78, 5) is 12.0. The van der Waals surface area contributed by atoms with Gasteiger partial charge in [0.25, 0.3) is 0 Å². The fraction of sp³-hybridized carbons (Fsp3) is 0.278. The van der Waals surface area contributed by atoms with Crippen LogP contribution in [0.5, 0.6) is 5.75 Å². The quantitative estimate of drug-likeness (QED) is 0.861. The summed E-state index contributed by atoms with van der Waals surface area (Å²) in [5.74, 6) is 0.582. The zero-order valence-corrected chi connectivity index (χ0v) is 12.9.